The summed E-state index contributed by atoms with van der Waals surface area (Å²) >= 11 is 1.77. The van der Waals surface area contributed by atoms with Gasteiger partial charge < -0.3 is 5.32 Å². The first kappa shape index (κ1) is 14.4. The summed E-state index contributed by atoms with van der Waals surface area (Å²) in [7, 11) is -0.752. The van der Waals surface area contributed by atoms with Gasteiger partial charge in [0.05, 0.1) is 0 Å². The predicted octanol–water partition coefficient (Wildman–Crippen LogP) is 3.27. The minimum atomic E-state index is -0.752. The second-order valence-corrected chi connectivity index (χ2v) is 7.41. The molecule has 0 amide bonds. The lowest BCUT2D eigenvalue weighted by molar-refractivity contribution is 0.650. The monoisotopic (exact) mass is 293 g/mol. The van der Waals surface area contributed by atoms with Crippen molar-refractivity contribution < 1.29 is 4.21 Å². The van der Waals surface area contributed by atoms with Crippen molar-refractivity contribution in [3.05, 3.63) is 46.7 Å². The van der Waals surface area contributed by atoms with Crippen LogP contribution in [0, 0.1) is 0 Å². The van der Waals surface area contributed by atoms with Crippen LogP contribution in [0.1, 0.15) is 11.8 Å². The smallest absolute Gasteiger partial charge is 0.0441 e. The lowest BCUT2D eigenvalue weighted by atomic mass is 10.1. The Morgan fingerprint density at radius 1 is 1.26 bits per heavy atom. The van der Waals surface area contributed by atoms with E-state index in [9.17, 15) is 4.21 Å². The Morgan fingerprint density at radius 2 is 2.00 bits per heavy atom. The first-order valence-electron chi connectivity index (χ1n) is 6.32. The highest BCUT2D eigenvalue weighted by molar-refractivity contribution is 7.84. The molecule has 0 aliphatic heterocycles. The lowest BCUT2D eigenvalue weighted by Gasteiger charge is -2.08. The standard InChI is InChI=1S/C15H19NOS2/c1-12(19(2)17)9-16-10-15-8-14(11-18-15)13-6-4-3-5-7-13/h3-8,11-12,16H,9-10H2,1-2H3. The fourth-order valence-electron chi connectivity index (χ4n) is 1.77. The van der Waals surface area contributed by atoms with E-state index in [1.54, 1.807) is 17.6 Å². The van der Waals surface area contributed by atoms with Crippen molar-refractivity contribution >= 4 is 22.1 Å². The molecule has 2 unspecified atom stereocenters. The van der Waals surface area contributed by atoms with Gasteiger partial charge >= 0.3 is 0 Å². The van der Waals surface area contributed by atoms with E-state index in [-0.39, 0.29) is 5.25 Å². The Bertz CT molecular complexity index is 536. The Labute approximate surface area is 121 Å². The highest BCUT2D eigenvalue weighted by Gasteiger charge is 2.06. The van der Waals surface area contributed by atoms with Crippen LogP contribution in [-0.4, -0.2) is 22.3 Å². The number of thiophene rings is 1. The second kappa shape index (κ2) is 6.98. The van der Waals surface area contributed by atoms with E-state index in [0.717, 1.165) is 13.1 Å². The van der Waals surface area contributed by atoms with Crippen LogP contribution < -0.4 is 5.32 Å². The predicted molar refractivity (Wildman–Crippen MR) is 85.0 cm³/mol. The normalized spacial score (nSPS) is 14.2. The summed E-state index contributed by atoms with van der Waals surface area (Å²) in [6.07, 6.45) is 1.75. The van der Waals surface area contributed by atoms with Crippen LogP contribution in [0.3, 0.4) is 0 Å². The summed E-state index contributed by atoms with van der Waals surface area (Å²) in [5.41, 5.74) is 2.53. The molecule has 0 fully saturated rings. The summed E-state index contributed by atoms with van der Waals surface area (Å²) in [4.78, 5) is 1.31. The minimum Gasteiger partial charge on any atom is -0.311 e. The number of hydrogen-bond donors (Lipinski definition) is 1. The second-order valence-electron chi connectivity index (χ2n) is 4.61. The van der Waals surface area contributed by atoms with E-state index in [1.165, 1.54) is 16.0 Å². The fraction of sp³-hybridized carbons (Fsp3) is 0.333. The number of benzene rings is 1. The van der Waals surface area contributed by atoms with Crippen molar-refractivity contribution in [2.24, 2.45) is 0 Å². The third-order valence-corrected chi connectivity index (χ3v) is 5.30. The van der Waals surface area contributed by atoms with Crippen molar-refractivity contribution in [1.29, 1.82) is 0 Å². The molecule has 4 heteroatoms. The molecule has 0 bridgehead atoms. The molecule has 0 saturated heterocycles. The molecular formula is C15H19NOS2. The van der Waals surface area contributed by atoms with Crippen molar-refractivity contribution in [2.75, 3.05) is 12.8 Å². The molecule has 19 heavy (non-hydrogen) atoms. The average molecular weight is 293 g/mol. The van der Waals surface area contributed by atoms with Crippen molar-refractivity contribution in [1.82, 2.24) is 5.32 Å². The summed E-state index contributed by atoms with van der Waals surface area (Å²) in [5, 5.41) is 5.76. The van der Waals surface area contributed by atoms with E-state index in [0.29, 0.717) is 0 Å². The maximum atomic E-state index is 11.2. The number of hydrogen-bond acceptors (Lipinski definition) is 3. The molecule has 1 N–H and O–H groups in total. The van der Waals surface area contributed by atoms with Crippen molar-refractivity contribution in [3.63, 3.8) is 0 Å². The van der Waals surface area contributed by atoms with Crippen LogP contribution in [-0.2, 0) is 17.3 Å². The van der Waals surface area contributed by atoms with Gasteiger partial charge in [0.2, 0.25) is 0 Å². The van der Waals surface area contributed by atoms with Gasteiger partial charge in [-0.25, -0.2) is 0 Å². The highest BCUT2D eigenvalue weighted by Crippen LogP contribution is 2.25. The van der Waals surface area contributed by atoms with E-state index in [1.807, 2.05) is 13.0 Å². The van der Waals surface area contributed by atoms with Crippen LogP contribution in [0.5, 0.6) is 0 Å². The van der Waals surface area contributed by atoms with Gasteiger partial charge in [-0.1, -0.05) is 30.3 Å². The topological polar surface area (TPSA) is 29.1 Å². The Kier molecular flexibility index (Phi) is 5.31. The third kappa shape index (κ3) is 4.27. The Morgan fingerprint density at radius 3 is 2.68 bits per heavy atom. The Balaban J connectivity index is 1.90. The largest absolute Gasteiger partial charge is 0.311 e. The zero-order valence-electron chi connectivity index (χ0n) is 11.3. The Hall–Kier alpha value is -0.970. The van der Waals surface area contributed by atoms with Crippen LogP contribution in [0.15, 0.2) is 41.8 Å². The maximum Gasteiger partial charge on any atom is 0.0441 e. The molecule has 0 saturated carbocycles. The first-order valence-corrected chi connectivity index (χ1v) is 8.82. The molecule has 0 spiro atoms. The van der Waals surface area contributed by atoms with E-state index >= 15 is 0 Å². The van der Waals surface area contributed by atoms with Crippen LogP contribution >= 0.6 is 11.3 Å². The van der Waals surface area contributed by atoms with Gasteiger partial charge in [0.25, 0.3) is 0 Å². The van der Waals surface area contributed by atoms with Crippen LogP contribution in [0.4, 0.5) is 0 Å². The molecule has 0 aliphatic carbocycles. The van der Waals surface area contributed by atoms with Gasteiger partial charge in [0.15, 0.2) is 0 Å². The minimum absolute atomic E-state index is 0.202. The van der Waals surface area contributed by atoms with Crippen LogP contribution in [0.2, 0.25) is 0 Å². The number of nitrogens with one attached hydrogen (secondary N) is 1. The molecule has 2 aromatic rings. The van der Waals surface area contributed by atoms with Gasteiger partial charge in [0.1, 0.15) is 0 Å². The van der Waals surface area contributed by atoms with Crippen molar-refractivity contribution in [3.8, 4) is 11.1 Å². The van der Waals surface area contributed by atoms with E-state index < -0.39 is 10.8 Å². The average Bonchev–Trinajstić information content (AvgIpc) is 2.88. The number of rotatable bonds is 6. The molecule has 2 atom stereocenters. The lowest BCUT2D eigenvalue weighted by Crippen LogP contribution is -2.26. The molecule has 1 heterocycles. The summed E-state index contributed by atoms with van der Waals surface area (Å²) in [6, 6.07) is 12.6. The van der Waals surface area contributed by atoms with Gasteiger partial charge in [-0.3, -0.25) is 4.21 Å². The molecule has 1 aromatic heterocycles. The van der Waals surface area contributed by atoms with Gasteiger partial charge in [-0.05, 0) is 29.5 Å². The van der Waals surface area contributed by atoms with E-state index in [4.69, 9.17) is 0 Å². The summed E-state index contributed by atoms with van der Waals surface area (Å²) in [6.45, 7) is 3.65. The first-order chi connectivity index (χ1) is 9.16. The summed E-state index contributed by atoms with van der Waals surface area (Å²) < 4.78 is 11.2. The quantitative estimate of drug-likeness (QED) is 0.885. The van der Waals surface area contributed by atoms with E-state index in [2.05, 4.69) is 41.0 Å². The molecule has 2 rings (SSSR count). The third-order valence-electron chi connectivity index (χ3n) is 3.06. The van der Waals surface area contributed by atoms with Gasteiger partial charge in [-0.2, -0.15) is 0 Å². The van der Waals surface area contributed by atoms with Crippen molar-refractivity contribution in [2.45, 2.75) is 18.7 Å². The molecule has 102 valence electrons. The molecule has 2 nitrogen and oxygen atoms in total. The van der Waals surface area contributed by atoms with Gasteiger partial charge in [-0.15, -0.1) is 11.3 Å². The van der Waals surface area contributed by atoms with Crippen LogP contribution in [0.25, 0.3) is 11.1 Å². The zero-order chi connectivity index (χ0) is 13.7. The zero-order valence-corrected chi connectivity index (χ0v) is 12.9. The molecular weight excluding hydrogens is 274 g/mol. The SMILES string of the molecule is CC(CNCc1cc(-c2ccccc2)cs1)S(C)=O. The molecule has 1 aromatic carbocycles. The highest BCUT2D eigenvalue weighted by atomic mass is 32.2. The van der Waals surface area contributed by atoms with Gasteiger partial charge in [0, 0.05) is 40.3 Å². The fourth-order valence-corrected chi connectivity index (χ4v) is 2.99. The summed E-state index contributed by atoms with van der Waals surface area (Å²) in [5.74, 6) is 0. The molecule has 0 radical (unpaired) electrons. The maximum absolute atomic E-state index is 11.2. The molecule has 0 aliphatic rings.